The van der Waals surface area contributed by atoms with Crippen LogP contribution in [-0.2, 0) is 87.9 Å². The number of Topliss-reactive ketones (excluding diaryl/α,β-unsaturated/α-hetero) is 3. The molecule has 0 unspecified atom stereocenters. The molecule has 0 aliphatic rings. The Balaban J connectivity index is 0.000000241. The van der Waals surface area contributed by atoms with E-state index in [1.165, 1.54) is 21.9 Å². The topological polar surface area (TPSA) is 472 Å². The number of hydrogen-bond donors (Lipinski definition) is 12. The molecule has 0 saturated carbocycles. The van der Waals surface area contributed by atoms with E-state index in [-0.39, 0.29) is 119 Å². The van der Waals surface area contributed by atoms with Crippen molar-refractivity contribution in [3.05, 3.63) is 233 Å². The molecule has 0 fully saturated rings. The Bertz CT molecular complexity index is 4630. The van der Waals surface area contributed by atoms with Crippen LogP contribution in [0.3, 0.4) is 0 Å². The lowest BCUT2D eigenvalue weighted by Gasteiger charge is -2.24. The number of nitrogens with one attached hydrogen (secondary N) is 3. The Kier molecular flexibility index (Phi) is 38.3. The number of para-hydroxylation sites is 3. The van der Waals surface area contributed by atoms with Gasteiger partial charge in [-0.25, -0.2) is 0 Å². The highest BCUT2D eigenvalue weighted by Crippen LogP contribution is 2.30. The van der Waals surface area contributed by atoms with Crippen LogP contribution in [0, 0.1) is 0 Å². The highest BCUT2D eigenvalue weighted by Gasteiger charge is 2.32. The molecule has 3 heterocycles. The van der Waals surface area contributed by atoms with Crippen molar-refractivity contribution in [2.75, 3.05) is 78.5 Å². The van der Waals surface area contributed by atoms with Crippen LogP contribution in [0.15, 0.2) is 195 Å². The van der Waals surface area contributed by atoms with E-state index in [4.69, 9.17) is 51.6 Å². The lowest BCUT2D eigenvalue weighted by molar-refractivity contribution is -0.137. The van der Waals surface area contributed by atoms with Crippen LogP contribution in [0.25, 0.3) is 32.7 Å². The third-order valence-electron chi connectivity index (χ3n) is 19.2. The van der Waals surface area contributed by atoms with Gasteiger partial charge in [0.15, 0.2) is 17.3 Å². The molecule has 0 radical (unpaired) electrons. The molecule has 3 aromatic heterocycles. The maximum atomic E-state index is 13.4. The number of alkyl halides is 3. The maximum Gasteiger partial charge on any atom is 0.416 e. The Morgan fingerprint density at radius 3 is 1.01 bits per heavy atom. The number of amides is 6. The van der Waals surface area contributed by atoms with Crippen molar-refractivity contribution < 1.29 is 56.3 Å². The lowest BCUT2D eigenvalue weighted by atomic mass is 9.96. The zero-order valence-electron chi connectivity index (χ0n) is 65.3. The van der Waals surface area contributed by atoms with Crippen molar-refractivity contribution in [2.24, 2.45) is 51.6 Å². The van der Waals surface area contributed by atoms with Crippen LogP contribution in [0.1, 0.15) is 83.9 Å². The third-order valence-corrected chi connectivity index (χ3v) is 19.2. The largest absolute Gasteiger partial charge is 0.416 e. The molecule has 9 aromatic rings. The molecule has 0 aliphatic heterocycles. The highest BCUT2D eigenvalue weighted by atomic mass is 19.4. The summed E-state index contributed by atoms with van der Waals surface area (Å²) in [7, 11) is 0. The summed E-state index contributed by atoms with van der Waals surface area (Å²) in [6.07, 6.45) is 2.72. The van der Waals surface area contributed by atoms with Crippen LogP contribution in [0.5, 0.6) is 0 Å². The number of carbonyl (C=O) groups excluding carboxylic acids is 9. The SMILES string of the molecule is NCCN(CCN)C(=O)CC[C@H](N)C(=O)N[C@@H](Cc1ccc(C(F)(F)F)cc1)C(=O)Cc1cnc2ccccc2c1.NCCN(CCN)C(=O)CC[C@H](N)C(=O)N[C@H](CCc1ccccc1)C(=O)Cc1cnc2ccccc2c1.NCCN(CCN)C(=O)C[C@H](N)C(=O)N[C@H](CCc1ccccc1)C(=O)Cc1cnc2ccccc2c1. The highest BCUT2D eigenvalue weighted by molar-refractivity contribution is 5.96. The Labute approximate surface area is 673 Å². The number of ketones is 3. The standard InChI is InChI=1S/C29H35F3N6O3.C29H38N6O3.C28H36N6O3/c30-29(31,32)22-7-5-19(6-8-22)16-25(26(39)17-20-15-21-3-1-2-4-24(21)36-18-20)37-28(41)23(35)9-10-27(40)38(13-11-33)14-12-34;30-14-16-35(17-15-31)28(37)13-11-24(32)29(38)34-26(12-10-21-6-2-1-3-7-21)27(36)19-22-18-23-8-4-5-9-25(23)33-20-22;29-12-14-34(15-13-30)27(36)18-23(31)28(37)33-25(11-10-20-6-2-1-3-7-20)26(35)17-21-16-22-8-4-5-9-24(22)32-19-21/h1-8,15,18,23,25H,9-14,16-17,33-35H2,(H,37,41);1-9,18,20,24,26H,10-17,19,30-32H2,(H,34,38);1-9,16,19,23,25H,10-15,17-18,29-31H2,(H,33,37)/t23-,25-;24-,26+;23-,25+/m000/s1. The van der Waals surface area contributed by atoms with Gasteiger partial charge in [-0.2, -0.15) is 13.2 Å². The van der Waals surface area contributed by atoms with Crippen LogP contribution >= 0.6 is 0 Å². The molecule has 6 aromatic carbocycles. The number of nitrogens with zero attached hydrogens (tertiary/aromatic N) is 6. The molecule has 27 nitrogen and oxygen atoms in total. The smallest absolute Gasteiger partial charge is 0.345 e. The summed E-state index contributed by atoms with van der Waals surface area (Å²) in [5, 5.41) is 11.0. The minimum absolute atomic E-state index is 0.0190. The van der Waals surface area contributed by atoms with E-state index in [9.17, 15) is 56.3 Å². The summed E-state index contributed by atoms with van der Waals surface area (Å²) < 4.78 is 39.1. The van der Waals surface area contributed by atoms with E-state index < -0.39 is 65.7 Å². The normalized spacial score (nSPS) is 12.8. The molecule has 21 N–H and O–H groups in total. The zero-order valence-corrected chi connectivity index (χ0v) is 65.3. The summed E-state index contributed by atoms with van der Waals surface area (Å²) >= 11 is 0. The molecule has 618 valence electrons. The molecule has 0 saturated heterocycles. The average molecular weight is 1600 g/mol. The summed E-state index contributed by atoms with van der Waals surface area (Å²) in [6, 6.07) is 46.8. The van der Waals surface area contributed by atoms with Gasteiger partial charge in [0.25, 0.3) is 0 Å². The van der Waals surface area contributed by atoms with Crippen molar-refractivity contribution in [1.29, 1.82) is 0 Å². The van der Waals surface area contributed by atoms with E-state index in [1.54, 1.807) is 23.5 Å². The number of carbonyl (C=O) groups is 9. The molecular weight excluding hydrogens is 1490 g/mol. The maximum absolute atomic E-state index is 13.4. The fraction of sp³-hybridized carbons (Fsp3) is 0.372. The number of nitrogens with two attached hydrogens (primary N) is 9. The zero-order chi connectivity index (χ0) is 83.9. The first kappa shape index (κ1) is 92.0. The number of fused-ring (bicyclic) bond motifs is 3. The van der Waals surface area contributed by atoms with Gasteiger partial charge in [-0.1, -0.05) is 127 Å². The van der Waals surface area contributed by atoms with Gasteiger partial charge in [0.2, 0.25) is 35.4 Å². The Morgan fingerprint density at radius 2 is 0.664 bits per heavy atom. The third kappa shape index (κ3) is 30.5. The van der Waals surface area contributed by atoms with Gasteiger partial charge in [-0.15, -0.1) is 0 Å². The molecule has 0 aliphatic carbocycles. The van der Waals surface area contributed by atoms with E-state index in [1.807, 2.05) is 152 Å². The van der Waals surface area contributed by atoms with Crippen LogP contribution in [0.2, 0.25) is 0 Å². The van der Waals surface area contributed by atoms with E-state index in [0.717, 1.165) is 67.1 Å². The van der Waals surface area contributed by atoms with Crippen molar-refractivity contribution >= 4 is 85.5 Å². The van der Waals surface area contributed by atoms with E-state index in [0.29, 0.717) is 89.2 Å². The van der Waals surface area contributed by atoms with Crippen molar-refractivity contribution in [3.8, 4) is 0 Å². The van der Waals surface area contributed by atoms with Gasteiger partial charge in [0, 0.05) is 145 Å². The van der Waals surface area contributed by atoms with Crippen molar-refractivity contribution in [2.45, 2.75) is 126 Å². The minimum Gasteiger partial charge on any atom is -0.345 e. The van der Waals surface area contributed by atoms with Crippen LogP contribution < -0.4 is 67.6 Å². The number of pyridine rings is 3. The van der Waals surface area contributed by atoms with Gasteiger partial charge < -0.3 is 82.3 Å². The second kappa shape index (κ2) is 48.2. The average Bonchev–Trinajstić information content (AvgIpc) is 0.841. The lowest BCUT2D eigenvalue weighted by Crippen LogP contribution is -2.51. The summed E-state index contributed by atoms with van der Waals surface area (Å²) in [6.45, 7) is 3.87. The van der Waals surface area contributed by atoms with Crippen LogP contribution in [0.4, 0.5) is 13.2 Å². The molecule has 30 heteroatoms. The first-order valence-electron chi connectivity index (χ1n) is 38.9. The predicted molar refractivity (Wildman–Crippen MR) is 443 cm³/mol. The number of benzene rings is 6. The number of hydrogen-bond acceptors (Lipinski definition) is 21. The Morgan fingerprint density at radius 1 is 0.353 bits per heavy atom. The van der Waals surface area contributed by atoms with Gasteiger partial charge in [-0.05, 0) is 127 Å². The van der Waals surface area contributed by atoms with Gasteiger partial charge in [0.05, 0.1) is 64.8 Å². The quantitative estimate of drug-likeness (QED) is 0.0255. The predicted octanol–water partition coefficient (Wildman–Crippen LogP) is 4.19. The number of aromatic nitrogens is 3. The molecular formula is C86H109F3N18O9. The van der Waals surface area contributed by atoms with Crippen molar-refractivity contribution in [3.63, 3.8) is 0 Å². The molecule has 0 spiro atoms. The fourth-order valence-electron chi connectivity index (χ4n) is 12.9. The van der Waals surface area contributed by atoms with Crippen molar-refractivity contribution in [1.82, 2.24) is 45.6 Å². The molecule has 9 rings (SSSR count). The second-order valence-electron chi connectivity index (χ2n) is 28.1. The number of aryl methyl sites for hydroxylation is 2. The molecule has 0 bridgehead atoms. The number of halogens is 3. The van der Waals surface area contributed by atoms with E-state index in [2.05, 4.69) is 30.9 Å². The van der Waals surface area contributed by atoms with Gasteiger partial charge in [-0.3, -0.25) is 58.1 Å². The molecule has 116 heavy (non-hydrogen) atoms. The van der Waals surface area contributed by atoms with E-state index >= 15 is 0 Å². The molecule has 6 atom stereocenters. The second-order valence-corrected chi connectivity index (χ2v) is 28.1. The monoisotopic (exact) mass is 1590 g/mol. The summed E-state index contributed by atoms with van der Waals surface area (Å²) in [5.41, 5.74) is 58.0. The first-order valence-corrected chi connectivity index (χ1v) is 38.9. The van der Waals surface area contributed by atoms with Gasteiger partial charge in [0.1, 0.15) is 0 Å². The van der Waals surface area contributed by atoms with Gasteiger partial charge >= 0.3 is 6.18 Å². The van der Waals surface area contributed by atoms with Crippen LogP contribution in [-0.4, -0.2) is 197 Å². The number of rotatable bonds is 43. The summed E-state index contributed by atoms with van der Waals surface area (Å²) in [4.78, 5) is 134. The summed E-state index contributed by atoms with van der Waals surface area (Å²) in [5.74, 6) is -2.97. The Hall–Kier alpha value is -11.2. The minimum atomic E-state index is -4.50. The fourth-order valence-corrected chi connectivity index (χ4v) is 12.9. The first-order chi connectivity index (χ1) is 55.8. The molecule has 6 amide bonds.